The Morgan fingerprint density at radius 3 is 2.72 bits per heavy atom. The minimum atomic E-state index is 0.690. The Morgan fingerprint density at radius 1 is 1.28 bits per heavy atom. The summed E-state index contributed by atoms with van der Waals surface area (Å²) in [5.74, 6) is 0. The molecular formula is C13H21BrN2O2. The third-order valence-corrected chi connectivity index (χ3v) is 3.10. The second kappa shape index (κ2) is 8.34. The van der Waals surface area contributed by atoms with Crippen molar-refractivity contribution in [3.05, 3.63) is 22.7 Å². The second-order valence-electron chi connectivity index (χ2n) is 4.08. The molecule has 0 saturated heterocycles. The second-order valence-corrected chi connectivity index (χ2v) is 5.00. The quantitative estimate of drug-likeness (QED) is 0.591. The molecule has 1 aromatic carbocycles. The molecule has 0 atom stereocenters. The zero-order valence-corrected chi connectivity index (χ0v) is 12.6. The summed E-state index contributed by atoms with van der Waals surface area (Å²) in [6, 6.07) is 5.90. The van der Waals surface area contributed by atoms with E-state index in [0.717, 1.165) is 42.0 Å². The summed E-state index contributed by atoms with van der Waals surface area (Å²) in [4.78, 5) is 2.10. The molecule has 18 heavy (non-hydrogen) atoms. The van der Waals surface area contributed by atoms with Crippen LogP contribution in [-0.2, 0) is 9.47 Å². The lowest BCUT2D eigenvalue weighted by Crippen LogP contribution is -2.23. The predicted molar refractivity (Wildman–Crippen MR) is 79.1 cm³/mol. The number of nitrogens with two attached hydrogens (primary N) is 1. The van der Waals surface area contributed by atoms with Crippen LogP contribution in [0, 0.1) is 0 Å². The van der Waals surface area contributed by atoms with Crippen LogP contribution >= 0.6 is 15.9 Å². The molecule has 0 radical (unpaired) electrons. The maximum absolute atomic E-state index is 5.96. The standard InChI is InChI=1S/C13H21BrN2O2/c1-16(6-9-18-8-3-7-17-2)13-5-4-11(14)10-12(13)15/h4-5,10H,3,6-9,15H2,1-2H3. The molecule has 0 aromatic heterocycles. The van der Waals surface area contributed by atoms with Crippen molar-refractivity contribution in [3.8, 4) is 0 Å². The summed E-state index contributed by atoms with van der Waals surface area (Å²) >= 11 is 3.40. The van der Waals surface area contributed by atoms with E-state index in [4.69, 9.17) is 15.2 Å². The molecular weight excluding hydrogens is 296 g/mol. The highest BCUT2D eigenvalue weighted by atomic mass is 79.9. The first-order valence-corrected chi connectivity index (χ1v) is 6.77. The van der Waals surface area contributed by atoms with Gasteiger partial charge in [0.25, 0.3) is 0 Å². The molecule has 0 aliphatic carbocycles. The topological polar surface area (TPSA) is 47.7 Å². The highest BCUT2D eigenvalue weighted by Crippen LogP contribution is 2.25. The van der Waals surface area contributed by atoms with Gasteiger partial charge < -0.3 is 20.1 Å². The van der Waals surface area contributed by atoms with Crippen molar-refractivity contribution in [3.63, 3.8) is 0 Å². The molecule has 5 heteroatoms. The molecule has 1 aromatic rings. The molecule has 0 unspecified atom stereocenters. The first-order chi connectivity index (χ1) is 8.65. The highest BCUT2D eigenvalue weighted by molar-refractivity contribution is 9.10. The Labute approximate surface area is 117 Å². The van der Waals surface area contributed by atoms with Crippen molar-refractivity contribution < 1.29 is 9.47 Å². The van der Waals surface area contributed by atoms with E-state index in [0.29, 0.717) is 6.61 Å². The molecule has 0 saturated carbocycles. The van der Waals surface area contributed by atoms with Crippen LogP contribution in [0.4, 0.5) is 11.4 Å². The maximum Gasteiger partial charge on any atom is 0.0641 e. The van der Waals surface area contributed by atoms with Crippen molar-refractivity contribution in [2.24, 2.45) is 0 Å². The first-order valence-electron chi connectivity index (χ1n) is 5.98. The number of likely N-dealkylation sites (N-methyl/N-ethyl adjacent to an activating group) is 1. The number of nitrogens with zero attached hydrogens (tertiary/aromatic N) is 1. The number of anilines is 2. The van der Waals surface area contributed by atoms with Crippen molar-refractivity contribution in [1.29, 1.82) is 0 Å². The number of benzene rings is 1. The Balaban J connectivity index is 2.29. The third kappa shape index (κ3) is 5.25. The average Bonchev–Trinajstić information content (AvgIpc) is 2.33. The summed E-state index contributed by atoms with van der Waals surface area (Å²) in [6.45, 7) is 2.99. The Hall–Kier alpha value is -0.780. The number of methoxy groups -OCH3 is 1. The fraction of sp³-hybridized carbons (Fsp3) is 0.538. The zero-order valence-electron chi connectivity index (χ0n) is 11.0. The normalized spacial score (nSPS) is 10.6. The van der Waals surface area contributed by atoms with E-state index in [1.165, 1.54) is 0 Å². The number of ether oxygens (including phenoxy) is 2. The molecule has 102 valence electrons. The fourth-order valence-electron chi connectivity index (χ4n) is 1.60. The number of halogens is 1. The van der Waals surface area contributed by atoms with Crippen molar-refractivity contribution in [2.75, 3.05) is 51.2 Å². The van der Waals surface area contributed by atoms with Crippen LogP contribution in [0.5, 0.6) is 0 Å². The molecule has 0 heterocycles. The number of rotatable bonds is 8. The minimum Gasteiger partial charge on any atom is -0.397 e. The van der Waals surface area contributed by atoms with Gasteiger partial charge in [0.05, 0.1) is 18.0 Å². The van der Waals surface area contributed by atoms with E-state index in [9.17, 15) is 0 Å². The van der Waals surface area contributed by atoms with E-state index in [1.807, 2.05) is 25.2 Å². The maximum atomic E-state index is 5.96. The van der Waals surface area contributed by atoms with Crippen LogP contribution in [0.1, 0.15) is 6.42 Å². The third-order valence-electron chi connectivity index (χ3n) is 2.61. The van der Waals surface area contributed by atoms with Gasteiger partial charge in [0.2, 0.25) is 0 Å². The van der Waals surface area contributed by atoms with Gasteiger partial charge in [-0.25, -0.2) is 0 Å². The first kappa shape index (κ1) is 15.3. The molecule has 0 bridgehead atoms. The fourth-order valence-corrected chi connectivity index (χ4v) is 1.98. The molecule has 0 spiro atoms. The Kier molecular flexibility index (Phi) is 7.08. The van der Waals surface area contributed by atoms with Crippen molar-refractivity contribution >= 4 is 27.3 Å². The SMILES string of the molecule is COCCCOCCN(C)c1ccc(Br)cc1N. The predicted octanol–water partition coefficient (Wildman–Crippen LogP) is 2.52. The lowest BCUT2D eigenvalue weighted by Gasteiger charge is -2.21. The monoisotopic (exact) mass is 316 g/mol. The summed E-state index contributed by atoms with van der Waals surface area (Å²) in [5, 5.41) is 0. The van der Waals surface area contributed by atoms with Gasteiger partial charge in [-0.2, -0.15) is 0 Å². The van der Waals surface area contributed by atoms with E-state index in [1.54, 1.807) is 7.11 Å². The average molecular weight is 317 g/mol. The van der Waals surface area contributed by atoms with Crippen LogP contribution in [0.3, 0.4) is 0 Å². The van der Waals surface area contributed by atoms with Crippen LogP contribution < -0.4 is 10.6 Å². The molecule has 1 rings (SSSR count). The van der Waals surface area contributed by atoms with E-state index in [-0.39, 0.29) is 0 Å². The largest absolute Gasteiger partial charge is 0.397 e. The smallest absolute Gasteiger partial charge is 0.0641 e. The van der Waals surface area contributed by atoms with Crippen molar-refractivity contribution in [2.45, 2.75) is 6.42 Å². The van der Waals surface area contributed by atoms with Gasteiger partial charge in [-0.05, 0) is 24.6 Å². The lowest BCUT2D eigenvalue weighted by atomic mass is 10.2. The summed E-state index contributed by atoms with van der Waals surface area (Å²) < 4.78 is 11.5. The zero-order chi connectivity index (χ0) is 13.4. The van der Waals surface area contributed by atoms with Crippen LogP contribution in [-0.4, -0.2) is 40.5 Å². The van der Waals surface area contributed by atoms with Crippen LogP contribution in [0.15, 0.2) is 22.7 Å². The molecule has 0 aliphatic rings. The molecule has 0 fully saturated rings. The summed E-state index contributed by atoms with van der Waals surface area (Å²) in [5.41, 5.74) is 7.76. The highest BCUT2D eigenvalue weighted by Gasteiger charge is 2.05. The van der Waals surface area contributed by atoms with E-state index in [2.05, 4.69) is 20.8 Å². The number of nitrogen functional groups attached to an aromatic ring is 1. The van der Waals surface area contributed by atoms with E-state index < -0.39 is 0 Å². The van der Waals surface area contributed by atoms with Gasteiger partial charge in [0.1, 0.15) is 0 Å². The van der Waals surface area contributed by atoms with Crippen molar-refractivity contribution in [1.82, 2.24) is 0 Å². The van der Waals surface area contributed by atoms with Gasteiger partial charge in [0, 0.05) is 38.4 Å². The molecule has 2 N–H and O–H groups in total. The van der Waals surface area contributed by atoms with Gasteiger partial charge in [-0.1, -0.05) is 15.9 Å². The Bertz CT molecular complexity index is 361. The summed E-state index contributed by atoms with van der Waals surface area (Å²) in [7, 11) is 3.71. The van der Waals surface area contributed by atoms with E-state index >= 15 is 0 Å². The Morgan fingerprint density at radius 2 is 2.06 bits per heavy atom. The van der Waals surface area contributed by atoms with Gasteiger partial charge >= 0.3 is 0 Å². The van der Waals surface area contributed by atoms with Crippen LogP contribution in [0.25, 0.3) is 0 Å². The van der Waals surface area contributed by atoms with Gasteiger partial charge in [-0.15, -0.1) is 0 Å². The number of hydrogen-bond acceptors (Lipinski definition) is 4. The molecule has 4 nitrogen and oxygen atoms in total. The minimum absolute atomic E-state index is 0.690. The lowest BCUT2D eigenvalue weighted by molar-refractivity contribution is 0.107. The number of hydrogen-bond donors (Lipinski definition) is 1. The molecule has 0 amide bonds. The van der Waals surface area contributed by atoms with Crippen LogP contribution in [0.2, 0.25) is 0 Å². The molecule has 0 aliphatic heterocycles. The summed E-state index contributed by atoms with van der Waals surface area (Å²) in [6.07, 6.45) is 0.931. The van der Waals surface area contributed by atoms with Gasteiger partial charge in [-0.3, -0.25) is 0 Å². The van der Waals surface area contributed by atoms with Gasteiger partial charge in [0.15, 0.2) is 0 Å².